The van der Waals surface area contributed by atoms with Crippen molar-refractivity contribution in [1.82, 2.24) is 4.98 Å². The van der Waals surface area contributed by atoms with Gasteiger partial charge in [-0.25, -0.2) is 4.98 Å². The van der Waals surface area contributed by atoms with Gasteiger partial charge < -0.3 is 4.90 Å². The monoisotopic (exact) mass is 302 g/mol. The Morgan fingerprint density at radius 3 is 2.88 bits per heavy atom. The van der Waals surface area contributed by atoms with E-state index in [9.17, 15) is 0 Å². The predicted octanol–water partition coefficient (Wildman–Crippen LogP) is 3.61. The van der Waals surface area contributed by atoms with Crippen LogP contribution in [0, 0.1) is 12.8 Å². The quantitative estimate of drug-likeness (QED) is 0.737. The second-order valence-corrected chi connectivity index (χ2v) is 5.88. The van der Waals surface area contributed by atoms with Crippen molar-refractivity contribution in [3.63, 3.8) is 0 Å². The number of hydrogen-bond acceptors (Lipinski definition) is 2. The topological polar surface area (TPSA) is 16.1 Å². The standard InChI is InChI=1S/C12H16BrClN2/c1-8-5-6-16(7-11(8)14)12-4-3-10(13)9(2)15-12/h3-4,8,11H,5-7H2,1-2H3. The highest BCUT2D eigenvalue weighted by Gasteiger charge is 2.25. The van der Waals surface area contributed by atoms with Gasteiger partial charge in [0.2, 0.25) is 0 Å². The Balaban J connectivity index is 2.15. The van der Waals surface area contributed by atoms with E-state index in [1.165, 1.54) is 0 Å². The molecule has 2 atom stereocenters. The highest BCUT2D eigenvalue weighted by Crippen LogP contribution is 2.26. The number of alkyl halides is 1. The molecule has 2 unspecified atom stereocenters. The van der Waals surface area contributed by atoms with Gasteiger partial charge in [-0.05, 0) is 47.3 Å². The molecule has 1 saturated heterocycles. The fraction of sp³-hybridized carbons (Fsp3) is 0.583. The number of rotatable bonds is 1. The molecular weight excluding hydrogens is 288 g/mol. The van der Waals surface area contributed by atoms with Gasteiger partial charge in [0.25, 0.3) is 0 Å². The molecule has 2 heterocycles. The summed E-state index contributed by atoms with van der Waals surface area (Å²) in [6.07, 6.45) is 1.14. The van der Waals surface area contributed by atoms with Gasteiger partial charge in [-0.3, -0.25) is 0 Å². The molecule has 0 bridgehead atoms. The number of anilines is 1. The first-order chi connectivity index (χ1) is 7.58. The minimum atomic E-state index is 0.236. The van der Waals surface area contributed by atoms with Gasteiger partial charge in [0.15, 0.2) is 0 Å². The van der Waals surface area contributed by atoms with E-state index in [2.05, 4.69) is 44.9 Å². The van der Waals surface area contributed by atoms with E-state index in [0.717, 1.165) is 35.5 Å². The van der Waals surface area contributed by atoms with Crippen LogP contribution in [0.4, 0.5) is 5.82 Å². The minimum Gasteiger partial charge on any atom is -0.355 e. The number of piperidine rings is 1. The SMILES string of the molecule is Cc1nc(N2CCC(C)C(Cl)C2)ccc1Br. The lowest BCUT2D eigenvalue weighted by Gasteiger charge is -2.34. The number of nitrogens with zero attached hydrogens (tertiary/aromatic N) is 2. The summed E-state index contributed by atoms with van der Waals surface area (Å²) in [5.41, 5.74) is 1.03. The van der Waals surface area contributed by atoms with Gasteiger partial charge in [0, 0.05) is 17.6 Å². The van der Waals surface area contributed by atoms with Crippen LogP contribution in [0.25, 0.3) is 0 Å². The highest BCUT2D eigenvalue weighted by molar-refractivity contribution is 9.10. The number of aryl methyl sites for hydroxylation is 1. The molecule has 0 amide bonds. The molecule has 0 aromatic carbocycles. The highest BCUT2D eigenvalue weighted by atomic mass is 79.9. The molecule has 0 aliphatic carbocycles. The van der Waals surface area contributed by atoms with Gasteiger partial charge in [-0.1, -0.05) is 6.92 Å². The summed E-state index contributed by atoms with van der Waals surface area (Å²) >= 11 is 9.77. The Bertz CT molecular complexity index is 383. The number of pyridine rings is 1. The molecule has 0 spiro atoms. The Labute approximate surface area is 110 Å². The summed E-state index contributed by atoms with van der Waals surface area (Å²) in [7, 11) is 0. The Morgan fingerprint density at radius 2 is 2.25 bits per heavy atom. The van der Waals surface area contributed by atoms with Crippen LogP contribution in [0.5, 0.6) is 0 Å². The van der Waals surface area contributed by atoms with Crippen molar-refractivity contribution in [2.45, 2.75) is 25.6 Å². The molecule has 4 heteroatoms. The molecule has 1 aliphatic rings. The van der Waals surface area contributed by atoms with Crippen LogP contribution >= 0.6 is 27.5 Å². The predicted molar refractivity (Wildman–Crippen MR) is 72.3 cm³/mol. The molecule has 1 fully saturated rings. The second-order valence-electron chi connectivity index (χ2n) is 4.46. The lowest BCUT2D eigenvalue weighted by molar-refractivity contribution is 0.443. The van der Waals surface area contributed by atoms with Crippen LogP contribution in [-0.2, 0) is 0 Å². The van der Waals surface area contributed by atoms with Crippen LogP contribution < -0.4 is 4.90 Å². The van der Waals surface area contributed by atoms with Crippen molar-refractivity contribution in [2.24, 2.45) is 5.92 Å². The number of halogens is 2. The fourth-order valence-corrected chi connectivity index (χ4v) is 2.45. The van der Waals surface area contributed by atoms with Crippen LogP contribution in [-0.4, -0.2) is 23.5 Å². The van der Waals surface area contributed by atoms with E-state index in [4.69, 9.17) is 11.6 Å². The maximum Gasteiger partial charge on any atom is 0.128 e. The molecule has 0 N–H and O–H groups in total. The lowest BCUT2D eigenvalue weighted by atomic mass is 9.98. The van der Waals surface area contributed by atoms with Crippen LogP contribution in [0.1, 0.15) is 19.0 Å². The molecule has 16 heavy (non-hydrogen) atoms. The van der Waals surface area contributed by atoms with E-state index in [-0.39, 0.29) is 5.38 Å². The minimum absolute atomic E-state index is 0.236. The molecule has 88 valence electrons. The first kappa shape index (κ1) is 12.2. The van der Waals surface area contributed by atoms with Crippen molar-refractivity contribution < 1.29 is 0 Å². The summed E-state index contributed by atoms with van der Waals surface area (Å²) in [6, 6.07) is 4.11. The van der Waals surface area contributed by atoms with Gasteiger partial charge in [0.05, 0.1) is 11.1 Å². The summed E-state index contributed by atoms with van der Waals surface area (Å²) in [4.78, 5) is 6.85. The third-order valence-electron chi connectivity index (χ3n) is 3.20. The van der Waals surface area contributed by atoms with Crippen molar-refractivity contribution in [2.75, 3.05) is 18.0 Å². The summed E-state index contributed by atoms with van der Waals surface area (Å²) in [5, 5.41) is 0.236. The van der Waals surface area contributed by atoms with E-state index < -0.39 is 0 Å². The molecular formula is C12H16BrClN2. The first-order valence-electron chi connectivity index (χ1n) is 5.60. The molecule has 1 aliphatic heterocycles. The van der Waals surface area contributed by atoms with Crippen LogP contribution in [0.3, 0.4) is 0 Å². The smallest absolute Gasteiger partial charge is 0.128 e. The normalized spacial score (nSPS) is 25.9. The zero-order chi connectivity index (χ0) is 11.7. The van der Waals surface area contributed by atoms with Crippen molar-refractivity contribution in [1.29, 1.82) is 0 Å². The number of hydrogen-bond donors (Lipinski definition) is 0. The summed E-state index contributed by atoms with van der Waals surface area (Å²) < 4.78 is 1.06. The molecule has 1 aromatic heterocycles. The number of aromatic nitrogens is 1. The van der Waals surface area contributed by atoms with Crippen LogP contribution in [0.2, 0.25) is 0 Å². The summed E-state index contributed by atoms with van der Waals surface area (Å²) in [6.45, 7) is 6.18. The molecule has 2 rings (SSSR count). The van der Waals surface area contributed by atoms with E-state index in [1.54, 1.807) is 0 Å². The Hall–Kier alpha value is -0.280. The Morgan fingerprint density at radius 1 is 1.50 bits per heavy atom. The fourth-order valence-electron chi connectivity index (χ4n) is 1.94. The zero-order valence-electron chi connectivity index (χ0n) is 9.58. The van der Waals surface area contributed by atoms with Gasteiger partial charge in [0.1, 0.15) is 5.82 Å². The van der Waals surface area contributed by atoms with Crippen LogP contribution in [0.15, 0.2) is 16.6 Å². The van der Waals surface area contributed by atoms with Crippen molar-refractivity contribution in [3.05, 3.63) is 22.3 Å². The molecule has 2 nitrogen and oxygen atoms in total. The van der Waals surface area contributed by atoms with Gasteiger partial charge in [-0.15, -0.1) is 11.6 Å². The maximum atomic E-state index is 6.30. The average Bonchev–Trinajstić information content (AvgIpc) is 2.26. The van der Waals surface area contributed by atoms with E-state index in [1.807, 2.05) is 6.92 Å². The average molecular weight is 304 g/mol. The first-order valence-corrected chi connectivity index (χ1v) is 6.83. The summed E-state index contributed by atoms with van der Waals surface area (Å²) in [5.74, 6) is 1.65. The maximum absolute atomic E-state index is 6.30. The third-order valence-corrected chi connectivity index (χ3v) is 4.60. The van der Waals surface area contributed by atoms with Gasteiger partial charge in [-0.2, -0.15) is 0 Å². The van der Waals surface area contributed by atoms with Crippen molar-refractivity contribution >= 4 is 33.3 Å². The Kier molecular flexibility index (Phi) is 3.75. The molecule has 1 aromatic rings. The largest absolute Gasteiger partial charge is 0.355 e. The second kappa shape index (κ2) is 4.92. The van der Waals surface area contributed by atoms with E-state index in [0.29, 0.717) is 5.92 Å². The van der Waals surface area contributed by atoms with E-state index >= 15 is 0 Å². The third kappa shape index (κ3) is 2.51. The lowest BCUT2D eigenvalue weighted by Crippen LogP contribution is -2.40. The van der Waals surface area contributed by atoms with Crippen molar-refractivity contribution in [3.8, 4) is 0 Å². The molecule has 0 radical (unpaired) electrons. The zero-order valence-corrected chi connectivity index (χ0v) is 11.9. The van der Waals surface area contributed by atoms with Gasteiger partial charge >= 0.3 is 0 Å². The molecule has 0 saturated carbocycles.